The van der Waals surface area contributed by atoms with Gasteiger partial charge in [0.15, 0.2) is 10.9 Å². The normalized spacial score (nSPS) is 20.6. The molecule has 1 unspecified atom stereocenters. The quantitative estimate of drug-likeness (QED) is 0.196. The molecule has 2 aliphatic rings. The monoisotopic (exact) mass is 479 g/mol. The summed E-state index contributed by atoms with van der Waals surface area (Å²) in [5.41, 5.74) is 4.68. The summed E-state index contributed by atoms with van der Waals surface area (Å²) in [5.74, 6) is -3.72. The number of carbonyl (C=O) groups excluding carboxylic acids is 2. The largest absolute Gasteiger partial charge is 0.477 e. The summed E-state index contributed by atoms with van der Waals surface area (Å²) < 4.78 is 17.8. The second kappa shape index (κ2) is 8.51. The van der Waals surface area contributed by atoms with Gasteiger partial charge in [-0.2, -0.15) is 9.36 Å². The molecule has 1 fully saturated rings. The summed E-state index contributed by atoms with van der Waals surface area (Å²) in [6.45, 7) is 0. The lowest BCUT2D eigenvalue weighted by molar-refractivity contribution is -0.155. The Morgan fingerprint density at radius 2 is 2.22 bits per heavy atom. The van der Waals surface area contributed by atoms with Crippen LogP contribution in [0.25, 0.3) is 0 Å². The molecule has 2 atom stereocenters. The smallest absolute Gasteiger partial charge is 0.353 e. The highest BCUT2D eigenvalue weighted by Crippen LogP contribution is 2.43. The van der Waals surface area contributed by atoms with E-state index in [2.05, 4.69) is 24.8 Å². The Morgan fingerprint density at radius 3 is 2.84 bits per heavy atom. The topological polar surface area (TPSA) is 184 Å². The van der Waals surface area contributed by atoms with E-state index in [0.717, 1.165) is 34.4 Å². The number of hydrogen-bond acceptors (Lipinski definition) is 11. The van der Waals surface area contributed by atoms with Gasteiger partial charge in [0, 0.05) is 22.6 Å². The number of nitrogens with zero attached hydrogens (tertiary/aromatic N) is 5. The molecule has 2 aromatic rings. The number of nitrogens with two attached hydrogens (primary N) is 1. The number of aliphatic carboxylic acids is 1. The number of carbonyl (C=O) groups is 3. The number of carboxylic acid groups (broad SMARTS) is 1. The molecule has 12 nitrogen and oxygen atoms in total. The maximum Gasteiger partial charge on any atom is 0.353 e. The summed E-state index contributed by atoms with van der Waals surface area (Å²) in [6, 6.07) is -0.250. The number of halogens is 1. The van der Waals surface area contributed by atoms with Crippen LogP contribution in [0.4, 0.5) is 9.52 Å². The lowest BCUT2D eigenvalue weighted by atomic mass is 9.86. The average molecular weight is 479 g/mol. The number of anilines is 1. The fraction of sp³-hybridized carbons (Fsp3) is 0.235. The number of hydrogen-bond donors (Lipinski definition) is 4. The fourth-order valence-corrected chi connectivity index (χ4v) is 4.92. The number of aromatic nitrogens is 3. The predicted octanol–water partition coefficient (Wildman–Crippen LogP) is 0.411. The standard InChI is InChI=1S/C17H14FN7O5S2/c18-6-5-20-4-3-8(6)31-9-2-1-7-10(15(27)25(7)12(9)16(28)29)21-14(26)11(23-30)13-22-17(19)32-24-13/h3-5,7,10,30H,1-2H2,(H,21,26)(H,28,29)(H2,19,22,24)/b23-11-/t7?,10-/m0/s1. The highest BCUT2D eigenvalue weighted by Gasteiger charge is 2.54. The zero-order valence-corrected chi connectivity index (χ0v) is 17.6. The van der Waals surface area contributed by atoms with Gasteiger partial charge in [-0.1, -0.05) is 16.9 Å². The van der Waals surface area contributed by atoms with Gasteiger partial charge in [-0.3, -0.25) is 19.5 Å². The number of carboxylic acids is 1. The number of oxime groups is 1. The number of nitrogens with one attached hydrogen (secondary N) is 1. The van der Waals surface area contributed by atoms with Crippen LogP contribution in [0.5, 0.6) is 0 Å². The molecule has 0 spiro atoms. The van der Waals surface area contributed by atoms with E-state index >= 15 is 0 Å². The van der Waals surface area contributed by atoms with Crippen molar-refractivity contribution in [1.82, 2.24) is 24.6 Å². The van der Waals surface area contributed by atoms with Gasteiger partial charge < -0.3 is 21.4 Å². The van der Waals surface area contributed by atoms with E-state index in [1.807, 2.05) is 0 Å². The molecule has 0 radical (unpaired) electrons. The van der Waals surface area contributed by atoms with Crippen LogP contribution in [0.1, 0.15) is 18.7 Å². The first-order valence-electron chi connectivity index (χ1n) is 9.01. The summed E-state index contributed by atoms with van der Waals surface area (Å²) in [4.78, 5) is 46.1. The van der Waals surface area contributed by atoms with Crippen molar-refractivity contribution in [1.29, 1.82) is 0 Å². The van der Waals surface area contributed by atoms with Gasteiger partial charge in [-0.15, -0.1) is 0 Å². The van der Waals surface area contributed by atoms with Crippen LogP contribution in [0.2, 0.25) is 0 Å². The predicted molar refractivity (Wildman–Crippen MR) is 109 cm³/mol. The third-order valence-electron chi connectivity index (χ3n) is 4.82. The summed E-state index contributed by atoms with van der Waals surface area (Å²) in [7, 11) is 0. The van der Waals surface area contributed by atoms with Gasteiger partial charge in [-0.25, -0.2) is 9.18 Å². The van der Waals surface area contributed by atoms with Gasteiger partial charge in [0.25, 0.3) is 11.8 Å². The van der Waals surface area contributed by atoms with Crippen LogP contribution < -0.4 is 11.1 Å². The van der Waals surface area contributed by atoms with Crippen molar-refractivity contribution in [2.24, 2.45) is 5.16 Å². The molecule has 0 aromatic carbocycles. The Hall–Kier alpha value is -3.59. The molecule has 1 saturated heterocycles. The number of β-lactam (4-membered cyclic amide) rings is 1. The Kier molecular flexibility index (Phi) is 5.75. The van der Waals surface area contributed by atoms with E-state index in [0.29, 0.717) is 11.3 Å². The van der Waals surface area contributed by atoms with Gasteiger partial charge in [0.05, 0.1) is 17.1 Å². The fourth-order valence-electron chi connectivity index (χ4n) is 3.44. The highest BCUT2D eigenvalue weighted by atomic mass is 32.2. The Labute approximate surface area is 187 Å². The van der Waals surface area contributed by atoms with Crippen LogP contribution in [0.3, 0.4) is 0 Å². The molecule has 5 N–H and O–H groups in total. The molecule has 2 amide bonds. The number of thioether (sulfide) groups is 1. The second-order valence-electron chi connectivity index (χ2n) is 6.66. The van der Waals surface area contributed by atoms with Crippen molar-refractivity contribution in [3.63, 3.8) is 0 Å². The molecule has 2 aromatic heterocycles. The van der Waals surface area contributed by atoms with E-state index in [9.17, 15) is 23.9 Å². The van der Waals surface area contributed by atoms with Gasteiger partial charge >= 0.3 is 5.97 Å². The molecule has 4 rings (SSSR count). The Bertz CT molecular complexity index is 1180. The number of pyridine rings is 1. The molecule has 4 heterocycles. The number of rotatable bonds is 6. The summed E-state index contributed by atoms with van der Waals surface area (Å²) in [6.07, 6.45) is 2.97. The van der Waals surface area contributed by atoms with E-state index in [1.165, 1.54) is 12.3 Å². The van der Waals surface area contributed by atoms with Crippen LogP contribution in [0, 0.1) is 5.82 Å². The van der Waals surface area contributed by atoms with Crippen molar-refractivity contribution in [3.05, 3.63) is 40.7 Å². The Morgan fingerprint density at radius 1 is 1.44 bits per heavy atom. The second-order valence-corrected chi connectivity index (χ2v) is 8.58. The van der Waals surface area contributed by atoms with Crippen molar-refractivity contribution in [3.8, 4) is 0 Å². The van der Waals surface area contributed by atoms with Crippen molar-refractivity contribution < 1.29 is 29.1 Å². The Balaban J connectivity index is 1.54. The molecule has 32 heavy (non-hydrogen) atoms. The molecule has 2 aliphatic heterocycles. The maximum atomic E-state index is 14.0. The molecule has 0 saturated carbocycles. The first kappa shape index (κ1) is 21.6. The minimum Gasteiger partial charge on any atom is -0.477 e. The number of nitrogen functional groups attached to an aromatic ring is 1. The van der Waals surface area contributed by atoms with Crippen LogP contribution in [0.15, 0.2) is 39.1 Å². The molecular weight excluding hydrogens is 465 g/mol. The molecular formula is C17H14FN7O5S2. The van der Waals surface area contributed by atoms with Crippen LogP contribution in [-0.4, -0.2) is 65.1 Å². The first-order chi connectivity index (χ1) is 15.3. The van der Waals surface area contributed by atoms with E-state index < -0.39 is 41.4 Å². The average Bonchev–Trinajstić information content (AvgIpc) is 3.19. The third-order valence-corrected chi connectivity index (χ3v) is 6.56. The molecule has 0 aliphatic carbocycles. The third kappa shape index (κ3) is 3.75. The summed E-state index contributed by atoms with van der Waals surface area (Å²) >= 11 is 1.71. The molecule has 0 bridgehead atoms. The van der Waals surface area contributed by atoms with Crippen LogP contribution in [-0.2, 0) is 14.4 Å². The van der Waals surface area contributed by atoms with E-state index in [4.69, 9.17) is 10.9 Å². The van der Waals surface area contributed by atoms with E-state index in [-0.39, 0.29) is 28.0 Å². The maximum absolute atomic E-state index is 14.0. The minimum absolute atomic E-state index is 0.0547. The molecule has 166 valence electrons. The first-order valence-corrected chi connectivity index (χ1v) is 10.6. The van der Waals surface area contributed by atoms with Crippen molar-refractivity contribution in [2.75, 3.05) is 5.73 Å². The van der Waals surface area contributed by atoms with Crippen LogP contribution >= 0.6 is 23.3 Å². The number of allylic oxidation sites excluding steroid dienone is 1. The van der Waals surface area contributed by atoms with Crippen molar-refractivity contribution >= 4 is 51.9 Å². The van der Waals surface area contributed by atoms with Crippen molar-refractivity contribution in [2.45, 2.75) is 29.8 Å². The van der Waals surface area contributed by atoms with Gasteiger partial charge in [0.1, 0.15) is 11.7 Å². The number of fused-ring (bicyclic) bond motifs is 1. The van der Waals surface area contributed by atoms with E-state index in [1.54, 1.807) is 0 Å². The summed E-state index contributed by atoms with van der Waals surface area (Å²) in [5, 5.41) is 24.2. The van der Waals surface area contributed by atoms with Gasteiger partial charge in [0.2, 0.25) is 11.5 Å². The zero-order valence-electron chi connectivity index (χ0n) is 15.9. The highest BCUT2D eigenvalue weighted by molar-refractivity contribution is 8.03. The molecule has 15 heteroatoms. The van der Waals surface area contributed by atoms with Gasteiger partial charge in [-0.05, 0) is 18.9 Å². The minimum atomic E-state index is -1.34. The lowest BCUT2D eigenvalue weighted by Crippen LogP contribution is -2.72. The lowest BCUT2D eigenvalue weighted by Gasteiger charge is -2.50. The zero-order chi connectivity index (χ0) is 23.0. The number of amides is 2. The SMILES string of the molecule is Nc1nc(/C(=N/O)C(=O)N[C@@H]2C(=O)N3C(C(=O)O)=C(Sc4ccncc4F)CCC23)ns1.